The summed E-state index contributed by atoms with van der Waals surface area (Å²) in [5.74, 6) is 7.06. The standard InChI is InChI=1S/C15H12ClN5O2S/c16-12-6-4-11(5-7-12)14-18-19-15(20(14)17)24-9-10-2-1-3-13(8-10)21(22)23/h1-8H,9,17H2. The molecule has 0 amide bonds. The van der Waals surface area contributed by atoms with Crippen LogP contribution in [-0.2, 0) is 5.75 Å². The number of hydrogen-bond donors (Lipinski definition) is 1. The lowest BCUT2D eigenvalue weighted by molar-refractivity contribution is -0.384. The Morgan fingerprint density at radius 1 is 1.21 bits per heavy atom. The number of benzene rings is 2. The number of thioether (sulfide) groups is 1. The second kappa shape index (κ2) is 6.90. The molecule has 7 nitrogen and oxygen atoms in total. The second-order valence-electron chi connectivity index (χ2n) is 4.90. The lowest BCUT2D eigenvalue weighted by Gasteiger charge is -2.04. The third kappa shape index (κ3) is 3.50. The molecule has 2 aromatic carbocycles. The van der Waals surface area contributed by atoms with E-state index < -0.39 is 4.92 Å². The maximum Gasteiger partial charge on any atom is 0.269 e. The molecule has 0 spiro atoms. The third-order valence-electron chi connectivity index (χ3n) is 3.26. The first-order chi connectivity index (χ1) is 11.5. The Kier molecular flexibility index (Phi) is 4.68. The number of nitrogens with zero attached hydrogens (tertiary/aromatic N) is 4. The van der Waals surface area contributed by atoms with Gasteiger partial charge < -0.3 is 5.84 Å². The van der Waals surface area contributed by atoms with Crippen molar-refractivity contribution in [2.24, 2.45) is 0 Å². The summed E-state index contributed by atoms with van der Waals surface area (Å²) in [6, 6.07) is 13.6. The molecule has 2 N–H and O–H groups in total. The van der Waals surface area contributed by atoms with Gasteiger partial charge in [0.25, 0.3) is 5.69 Å². The Hall–Kier alpha value is -2.58. The number of nitro benzene ring substituents is 1. The number of halogens is 1. The van der Waals surface area contributed by atoms with Crippen molar-refractivity contribution < 1.29 is 4.92 Å². The first-order valence-electron chi connectivity index (χ1n) is 6.87. The van der Waals surface area contributed by atoms with E-state index in [1.807, 2.05) is 18.2 Å². The lowest BCUT2D eigenvalue weighted by atomic mass is 10.2. The predicted octanol–water partition coefficient (Wildman–Crippen LogP) is 3.51. The average molecular weight is 362 g/mol. The van der Waals surface area contributed by atoms with Gasteiger partial charge in [0.05, 0.1) is 4.92 Å². The minimum absolute atomic E-state index is 0.0594. The zero-order chi connectivity index (χ0) is 17.1. The van der Waals surface area contributed by atoms with Gasteiger partial charge in [0.15, 0.2) is 5.82 Å². The Bertz CT molecular complexity index is 882. The largest absolute Gasteiger partial charge is 0.335 e. The Balaban J connectivity index is 1.76. The molecule has 0 bridgehead atoms. The molecular weight excluding hydrogens is 350 g/mol. The van der Waals surface area contributed by atoms with Crippen molar-refractivity contribution in [2.45, 2.75) is 10.9 Å². The highest BCUT2D eigenvalue weighted by atomic mass is 35.5. The average Bonchev–Trinajstić information content (AvgIpc) is 2.95. The molecule has 0 aliphatic rings. The lowest BCUT2D eigenvalue weighted by Crippen LogP contribution is -2.11. The van der Waals surface area contributed by atoms with Gasteiger partial charge in [0, 0.05) is 28.5 Å². The molecular formula is C15H12ClN5O2S. The Morgan fingerprint density at radius 2 is 1.96 bits per heavy atom. The normalized spacial score (nSPS) is 10.7. The fourth-order valence-electron chi connectivity index (χ4n) is 2.08. The van der Waals surface area contributed by atoms with Crippen molar-refractivity contribution in [3.8, 4) is 11.4 Å². The zero-order valence-electron chi connectivity index (χ0n) is 12.3. The van der Waals surface area contributed by atoms with Crippen molar-refractivity contribution in [2.75, 3.05) is 5.84 Å². The molecule has 1 aromatic heterocycles. The summed E-state index contributed by atoms with van der Waals surface area (Å²) in [7, 11) is 0. The van der Waals surface area contributed by atoms with Gasteiger partial charge in [-0.1, -0.05) is 35.5 Å². The van der Waals surface area contributed by atoms with Crippen LogP contribution in [0.4, 0.5) is 5.69 Å². The van der Waals surface area contributed by atoms with E-state index in [2.05, 4.69) is 10.2 Å². The molecule has 0 fully saturated rings. The van der Waals surface area contributed by atoms with Gasteiger partial charge in [-0.25, -0.2) is 4.68 Å². The van der Waals surface area contributed by atoms with Crippen LogP contribution >= 0.6 is 23.4 Å². The number of nitro groups is 1. The Labute approximate surface area is 146 Å². The van der Waals surface area contributed by atoms with Crippen molar-refractivity contribution in [1.82, 2.24) is 14.9 Å². The van der Waals surface area contributed by atoms with Crippen LogP contribution < -0.4 is 5.84 Å². The van der Waals surface area contributed by atoms with Crippen LogP contribution in [0, 0.1) is 10.1 Å². The van der Waals surface area contributed by atoms with Crippen molar-refractivity contribution in [3.05, 3.63) is 69.2 Å². The summed E-state index contributed by atoms with van der Waals surface area (Å²) >= 11 is 7.23. The number of nitrogens with two attached hydrogens (primary N) is 1. The fourth-order valence-corrected chi connectivity index (χ4v) is 3.00. The van der Waals surface area contributed by atoms with E-state index in [1.54, 1.807) is 18.2 Å². The van der Waals surface area contributed by atoms with Gasteiger partial charge in [0.1, 0.15) is 0 Å². The molecule has 24 heavy (non-hydrogen) atoms. The van der Waals surface area contributed by atoms with Gasteiger partial charge in [-0.2, -0.15) is 0 Å². The van der Waals surface area contributed by atoms with E-state index in [9.17, 15) is 10.1 Å². The molecule has 1 heterocycles. The van der Waals surface area contributed by atoms with Gasteiger partial charge >= 0.3 is 0 Å². The summed E-state index contributed by atoms with van der Waals surface area (Å²) in [5.41, 5.74) is 1.67. The van der Waals surface area contributed by atoms with Crippen LogP contribution in [0.25, 0.3) is 11.4 Å². The quantitative estimate of drug-likeness (QED) is 0.323. The number of rotatable bonds is 5. The topological polar surface area (TPSA) is 99.9 Å². The zero-order valence-corrected chi connectivity index (χ0v) is 13.9. The molecule has 0 saturated heterocycles. The number of non-ortho nitro benzene ring substituents is 1. The molecule has 122 valence electrons. The summed E-state index contributed by atoms with van der Waals surface area (Å²) in [6.07, 6.45) is 0. The molecule has 0 aliphatic heterocycles. The highest BCUT2D eigenvalue weighted by Gasteiger charge is 2.13. The van der Waals surface area contributed by atoms with Crippen molar-refractivity contribution in [3.63, 3.8) is 0 Å². The molecule has 0 aliphatic carbocycles. The van der Waals surface area contributed by atoms with Crippen LogP contribution in [0.15, 0.2) is 53.7 Å². The monoisotopic (exact) mass is 361 g/mol. The smallest absolute Gasteiger partial charge is 0.269 e. The summed E-state index contributed by atoms with van der Waals surface area (Å²) < 4.78 is 1.39. The first-order valence-corrected chi connectivity index (χ1v) is 8.23. The number of aromatic nitrogens is 3. The first kappa shape index (κ1) is 16.3. The van der Waals surface area contributed by atoms with E-state index in [-0.39, 0.29) is 5.69 Å². The van der Waals surface area contributed by atoms with Crippen LogP contribution in [0.5, 0.6) is 0 Å². The fraction of sp³-hybridized carbons (Fsp3) is 0.0667. The minimum Gasteiger partial charge on any atom is -0.335 e. The van der Waals surface area contributed by atoms with E-state index in [1.165, 1.54) is 28.6 Å². The molecule has 0 atom stereocenters. The van der Waals surface area contributed by atoms with Crippen molar-refractivity contribution >= 4 is 29.1 Å². The van der Waals surface area contributed by atoms with Gasteiger partial charge in [-0.15, -0.1) is 10.2 Å². The van der Waals surface area contributed by atoms with Crippen LogP contribution in [0.2, 0.25) is 5.02 Å². The van der Waals surface area contributed by atoms with Gasteiger partial charge in [0.2, 0.25) is 5.16 Å². The maximum absolute atomic E-state index is 10.8. The Morgan fingerprint density at radius 3 is 2.67 bits per heavy atom. The van der Waals surface area contributed by atoms with Crippen LogP contribution in [0.3, 0.4) is 0 Å². The summed E-state index contributed by atoms with van der Waals surface area (Å²) in [4.78, 5) is 10.4. The molecule has 0 unspecified atom stereocenters. The predicted molar refractivity (Wildman–Crippen MR) is 93.3 cm³/mol. The molecule has 0 saturated carbocycles. The van der Waals surface area contributed by atoms with E-state index in [4.69, 9.17) is 17.4 Å². The summed E-state index contributed by atoms with van der Waals surface area (Å²) in [5, 5.41) is 20.1. The SMILES string of the molecule is Nn1c(SCc2cccc([N+](=O)[O-])c2)nnc1-c1ccc(Cl)cc1. The number of hydrogen-bond acceptors (Lipinski definition) is 6. The van der Waals surface area contributed by atoms with Crippen molar-refractivity contribution in [1.29, 1.82) is 0 Å². The highest BCUT2D eigenvalue weighted by Crippen LogP contribution is 2.26. The van der Waals surface area contributed by atoms with Gasteiger partial charge in [-0.05, 0) is 29.8 Å². The minimum atomic E-state index is -0.418. The molecule has 3 aromatic rings. The van der Waals surface area contributed by atoms with Gasteiger partial charge in [-0.3, -0.25) is 10.1 Å². The van der Waals surface area contributed by atoms with E-state index >= 15 is 0 Å². The maximum atomic E-state index is 10.8. The van der Waals surface area contributed by atoms with E-state index in [0.717, 1.165) is 11.1 Å². The van der Waals surface area contributed by atoms with Crippen LogP contribution in [0.1, 0.15) is 5.56 Å². The highest BCUT2D eigenvalue weighted by molar-refractivity contribution is 7.98. The second-order valence-corrected chi connectivity index (χ2v) is 6.28. The summed E-state index contributed by atoms with van der Waals surface area (Å²) in [6.45, 7) is 0. The third-order valence-corrected chi connectivity index (χ3v) is 4.52. The van der Waals surface area contributed by atoms with E-state index in [0.29, 0.717) is 21.8 Å². The molecule has 3 rings (SSSR count). The number of nitrogen functional groups attached to an aromatic ring is 1. The van der Waals surface area contributed by atoms with Crippen LogP contribution in [-0.4, -0.2) is 19.8 Å². The molecule has 9 heteroatoms. The molecule has 0 radical (unpaired) electrons.